The van der Waals surface area contributed by atoms with E-state index in [0.29, 0.717) is 5.75 Å². The van der Waals surface area contributed by atoms with E-state index in [0.717, 1.165) is 5.56 Å². The van der Waals surface area contributed by atoms with E-state index in [1.165, 1.54) is 27.8 Å². The summed E-state index contributed by atoms with van der Waals surface area (Å²) >= 11 is 0. The molecule has 25 heavy (non-hydrogen) atoms. The molecule has 0 fully saturated rings. The maximum atomic E-state index is 9.10. The molecular weight excluding hydrogens is 304 g/mol. The van der Waals surface area contributed by atoms with Crippen molar-refractivity contribution in [3.05, 3.63) is 103 Å². The first-order chi connectivity index (χ1) is 12.3. The summed E-state index contributed by atoms with van der Waals surface area (Å²) in [5.41, 5.74) is 7.53. The Kier molecular flexibility index (Phi) is 4.05. The van der Waals surface area contributed by atoms with Crippen molar-refractivity contribution in [2.45, 2.75) is 0 Å². The average molecular weight is 322 g/mol. The molecule has 1 nitrogen and oxygen atoms in total. The molecule has 0 radical (unpaired) electrons. The molecule has 8 rings (SSSR count). The van der Waals surface area contributed by atoms with Crippen LogP contribution in [0.2, 0.25) is 0 Å². The zero-order valence-electron chi connectivity index (χ0n) is 13.8. The van der Waals surface area contributed by atoms with Crippen molar-refractivity contribution in [2.24, 2.45) is 0 Å². The largest absolute Gasteiger partial charge is 0.508 e. The first-order valence-electron chi connectivity index (χ1n) is 8.35. The van der Waals surface area contributed by atoms with Gasteiger partial charge in [0.05, 0.1) is 0 Å². The average Bonchev–Trinajstić information content (AvgIpc) is 2.67. The third-order valence-electron chi connectivity index (χ3n) is 4.41. The first-order valence-corrected chi connectivity index (χ1v) is 8.35. The highest BCUT2D eigenvalue weighted by molar-refractivity contribution is 5.76. The topological polar surface area (TPSA) is 20.2 Å². The first kappa shape index (κ1) is 15.2. The van der Waals surface area contributed by atoms with Gasteiger partial charge in [0.25, 0.3) is 0 Å². The smallest absolute Gasteiger partial charge is 0.115 e. The summed E-state index contributed by atoms with van der Waals surface area (Å²) in [6.07, 6.45) is 0. The molecule has 4 aromatic carbocycles. The van der Waals surface area contributed by atoms with Crippen LogP contribution in [-0.2, 0) is 0 Å². The second kappa shape index (κ2) is 6.66. The van der Waals surface area contributed by atoms with E-state index in [2.05, 4.69) is 48.5 Å². The predicted octanol–water partition coefficient (Wildman–Crippen LogP) is 6.39. The van der Waals surface area contributed by atoms with E-state index in [9.17, 15) is 0 Å². The highest BCUT2D eigenvalue weighted by Gasteiger charge is 2.04. The van der Waals surface area contributed by atoms with Gasteiger partial charge in [-0.05, 0) is 45.5 Å². The number of aromatic hydroxyl groups is 1. The Bertz CT molecular complexity index is 866. The van der Waals surface area contributed by atoms with Gasteiger partial charge in [-0.3, -0.25) is 0 Å². The minimum absolute atomic E-state index is 0.305. The molecule has 4 bridgehead atoms. The zero-order valence-corrected chi connectivity index (χ0v) is 13.8. The van der Waals surface area contributed by atoms with Gasteiger partial charge in [-0.1, -0.05) is 91.0 Å². The second-order valence-corrected chi connectivity index (χ2v) is 6.07. The monoisotopic (exact) mass is 322 g/mol. The predicted molar refractivity (Wildman–Crippen MR) is 104 cm³/mol. The van der Waals surface area contributed by atoms with E-state index < -0.39 is 0 Å². The van der Waals surface area contributed by atoms with Crippen LogP contribution in [0, 0.1) is 0 Å². The van der Waals surface area contributed by atoms with Crippen molar-refractivity contribution in [3.8, 4) is 39.1 Å². The van der Waals surface area contributed by atoms with Crippen LogP contribution in [0.3, 0.4) is 0 Å². The number of benzene rings is 4. The maximum absolute atomic E-state index is 9.10. The quantitative estimate of drug-likeness (QED) is 0.379. The van der Waals surface area contributed by atoms with Crippen LogP contribution >= 0.6 is 0 Å². The molecule has 0 aromatic heterocycles. The van der Waals surface area contributed by atoms with Crippen LogP contribution < -0.4 is 0 Å². The lowest BCUT2D eigenvalue weighted by Gasteiger charge is -2.10. The van der Waals surface area contributed by atoms with Crippen molar-refractivity contribution in [3.63, 3.8) is 0 Å². The van der Waals surface area contributed by atoms with E-state index in [1.807, 2.05) is 42.5 Å². The molecule has 4 aliphatic rings. The summed E-state index contributed by atoms with van der Waals surface area (Å²) in [4.78, 5) is 0. The molecule has 0 spiro atoms. The van der Waals surface area contributed by atoms with Gasteiger partial charge in [0, 0.05) is 0 Å². The van der Waals surface area contributed by atoms with Crippen LogP contribution in [0.1, 0.15) is 0 Å². The van der Waals surface area contributed by atoms with E-state index >= 15 is 0 Å². The number of hydrogen-bond donors (Lipinski definition) is 1. The highest BCUT2D eigenvalue weighted by Crippen LogP contribution is 2.30. The van der Waals surface area contributed by atoms with E-state index in [-0.39, 0.29) is 0 Å². The van der Waals surface area contributed by atoms with Crippen LogP contribution in [0.25, 0.3) is 33.4 Å². The Hall–Kier alpha value is -3.32. The van der Waals surface area contributed by atoms with Gasteiger partial charge in [0.1, 0.15) is 5.75 Å². The van der Waals surface area contributed by atoms with Crippen molar-refractivity contribution in [1.29, 1.82) is 0 Å². The summed E-state index contributed by atoms with van der Waals surface area (Å²) in [6, 6.07) is 34.7. The number of rotatable bonds is 1. The van der Waals surface area contributed by atoms with Gasteiger partial charge in [0.2, 0.25) is 0 Å². The molecule has 1 heteroatoms. The fourth-order valence-electron chi connectivity index (χ4n) is 2.99. The summed E-state index contributed by atoms with van der Waals surface area (Å²) in [7, 11) is 0. The molecule has 4 aromatic rings. The maximum Gasteiger partial charge on any atom is 0.115 e. The molecular formula is C24H18O. The second-order valence-electron chi connectivity index (χ2n) is 6.07. The van der Waals surface area contributed by atoms with Crippen molar-refractivity contribution in [1.82, 2.24) is 0 Å². The minimum Gasteiger partial charge on any atom is -0.508 e. The van der Waals surface area contributed by atoms with Gasteiger partial charge in [-0.25, -0.2) is 0 Å². The summed E-state index contributed by atoms with van der Waals surface area (Å²) in [5, 5.41) is 9.10. The molecule has 0 aliphatic heterocycles. The molecule has 0 saturated heterocycles. The Morgan fingerprint density at radius 1 is 0.320 bits per heavy atom. The van der Waals surface area contributed by atoms with Gasteiger partial charge >= 0.3 is 0 Å². The van der Waals surface area contributed by atoms with Crippen molar-refractivity contribution >= 4 is 0 Å². The zero-order chi connectivity index (χ0) is 17.1. The molecule has 0 heterocycles. The normalized spacial score (nSPS) is 10.6. The standard InChI is InChI=1S/C12H10O.C12H8/c13-12-8-6-11(7-9-12)10-4-2-1-3-5-10;1-2-10-4-3-9(1)11-5-7-12(10)8-6-11/h1-9,13H;1-8H. The number of phenols is 1. The van der Waals surface area contributed by atoms with Crippen LogP contribution in [0.5, 0.6) is 5.75 Å². The Morgan fingerprint density at radius 3 is 0.960 bits per heavy atom. The molecule has 0 atom stereocenters. The van der Waals surface area contributed by atoms with Crippen LogP contribution in [-0.4, -0.2) is 5.11 Å². The van der Waals surface area contributed by atoms with Crippen LogP contribution in [0.4, 0.5) is 0 Å². The van der Waals surface area contributed by atoms with Gasteiger partial charge in [-0.15, -0.1) is 0 Å². The van der Waals surface area contributed by atoms with Crippen molar-refractivity contribution in [2.75, 3.05) is 0 Å². The van der Waals surface area contributed by atoms with Crippen molar-refractivity contribution < 1.29 is 5.11 Å². The SMILES string of the molecule is Oc1ccc(-c2ccccc2)cc1.c1cc2ccc1-c1ccc-2cc1. The highest BCUT2D eigenvalue weighted by atomic mass is 16.3. The molecule has 120 valence electrons. The lowest BCUT2D eigenvalue weighted by atomic mass is 9.95. The van der Waals surface area contributed by atoms with Gasteiger partial charge < -0.3 is 5.11 Å². The Balaban J connectivity index is 0.000000126. The molecule has 0 amide bonds. The third-order valence-corrected chi connectivity index (χ3v) is 4.41. The summed E-state index contributed by atoms with van der Waals surface area (Å²) < 4.78 is 0. The van der Waals surface area contributed by atoms with Crippen LogP contribution in [0.15, 0.2) is 103 Å². The summed E-state index contributed by atoms with van der Waals surface area (Å²) in [6.45, 7) is 0. The lowest BCUT2D eigenvalue weighted by Crippen LogP contribution is -1.85. The van der Waals surface area contributed by atoms with Gasteiger partial charge in [0.15, 0.2) is 0 Å². The lowest BCUT2D eigenvalue weighted by molar-refractivity contribution is 0.475. The van der Waals surface area contributed by atoms with Gasteiger partial charge in [-0.2, -0.15) is 0 Å². The molecule has 1 N–H and O–H groups in total. The summed E-state index contributed by atoms with van der Waals surface area (Å²) in [5.74, 6) is 0.305. The third kappa shape index (κ3) is 3.31. The number of hydrogen-bond acceptors (Lipinski definition) is 1. The molecule has 4 aliphatic carbocycles. The van der Waals surface area contributed by atoms with E-state index in [1.54, 1.807) is 12.1 Å². The molecule has 0 saturated carbocycles. The Labute approximate surface area is 147 Å². The fourth-order valence-corrected chi connectivity index (χ4v) is 2.99. The van der Waals surface area contributed by atoms with E-state index in [4.69, 9.17) is 5.11 Å². The number of phenolic OH excluding ortho intramolecular Hbond substituents is 1. The minimum atomic E-state index is 0.305. The Morgan fingerprint density at radius 2 is 0.600 bits per heavy atom. The fraction of sp³-hybridized carbons (Fsp3) is 0. The molecule has 0 unspecified atom stereocenters.